The Labute approximate surface area is 196 Å². The Morgan fingerprint density at radius 2 is 1.69 bits per heavy atom. The standard InChI is InChI=1S/C14H25NO2.C8H10.C4H8O.CH4O/c1-2-8-14(17,12-16)9-10-15-11-13-6-4-3-5-7-13;1-2-8-6-4-3-5-7-8;1-2-4-5-3-1;1-2/h4,6-7,15-17H,2-3,5,8-12H2,1H3;3-7H,2H2,1H3;1-4H2;2H,1H3. The van der Waals surface area contributed by atoms with E-state index in [1.54, 1.807) is 0 Å². The number of ether oxygens (including phenoxy) is 1. The van der Waals surface area contributed by atoms with E-state index in [0.29, 0.717) is 12.8 Å². The topological polar surface area (TPSA) is 82.0 Å². The number of benzene rings is 1. The monoisotopic (exact) mass is 449 g/mol. The summed E-state index contributed by atoms with van der Waals surface area (Å²) in [6.45, 7) is 7.62. The number of aliphatic hydroxyl groups is 3. The Bertz CT molecular complexity index is 577. The van der Waals surface area contributed by atoms with Crippen LogP contribution in [0.5, 0.6) is 0 Å². The first kappa shape index (κ1) is 30.5. The second-order valence-electron chi connectivity index (χ2n) is 7.98. The molecule has 1 unspecified atom stereocenters. The Hall–Kier alpha value is -1.50. The van der Waals surface area contributed by atoms with Crippen LogP contribution in [-0.4, -0.2) is 60.9 Å². The highest BCUT2D eigenvalue weighted by molar-refractivity contribution is 5.23. The zero-order valence-corrected chi connectivity index (χ0v) is 20.6. The van der Waals surface area contributed by atoms with Crippen LogP contribution in [0.2, 0.25) is 0 Å². The van der Waals surface area contributed by atoms with Crippen LogP contribution in [0.4, 0.5) is 0 Å². The summed E-state index contributed by atoms with van der Waals surface area (Å²) in [7, 11) is 1.00. The maximum atomic E-state index is 10.0. The van der Waals surface area contributed by atoms with Crippen molar-refractivity contribution in [2.75, 3.05) is 40.0 Å². The van der Waals surface area contributed by atoms with Crippen molar-refractivity contribution in [3.63, 3.8) is 0 Å². The summed E-state index contributed by atoms with van der Waals surface area (Å²) in [5.74, 6) is 0. The molecular formula is C27H47NO4. The molecule has 1 atom stereocenters. The zero-order valence-electron chi connectivity index (χ0n) is 20.6. The fourth-order valence-electron chi connectivity index (χ4n) is 3.33. The fraction of sp³-hybridized carbons (Fsp3) is 0.630. The summed E-state index contributed by atoms with van der Waals surface area (Å²) in [6.07, 6.45) is 14.7. The lowest BCUT2D eigenvalue weighted by Gasteiger charge is -2.25. The molecule has 32 heavy (non-hydrogen) atoms. The van der Waals surface area contributed by atoms with Gasteiger partial charge in [0, 0.05) is 26.9 Å². The average molecular weight is 450 g/mol. The molecule has 1 aliphatic carbocycles. The highest BCUT2D eigenvalue weighted by Crippen LogP contribution is 2.16. The van der Waals surface area contributed by atoms with Gasteiger partial charge in [0.25, 0.3) is 0 Å². The van der Waals surface area contributed by atoms with Gasteiger partial charge < -0.3 is 25.4 Å². The lowest BCUT2D eigenvalue weighted by atomic mass is 9.95. The maximum absolute atomic E-state index is 10.0. The highest BCUT2D eigenvalue weighted by Gasteiger charge is 2.23. The predicted octanol–water partition coefficient (Wildman–Crippen LogP) is 4.42. The third-order valence-corrected chi connectivity index (χ3v) is 5.26. The molecule has 0 aromatic heterocycles. The molecule has 1 fully saturated rings. The Kier molecular flexibility index (Phi) is 20.4. The third kappa shape index (κ3) is 16.2. The van der Waals surface area contributed by atoms with Gasteiger partial charge in [-0.2, -0.15) is 0 Å². The summed E-state index contributed by atoms with van der Waals surface area (Å²) in [5, 5.41) is 29.5. The first-order valence-corrected chi connectivity index (χ1v) is 12.1. The van der Waals surface area contributed by atoms with E-state index < -0.39 is 5.60 Å². The lowest BCUT2D eigenvalue weighted by Crippen LogP contribution is -2.37. The number of hydrogen-bond acceptors (Lipinski definition) is 5. The highest BCUT2D eigenvalue weighted by atomic mass is 16.5. The first-order valence-electron chi connectivity index (χ1n) is 12.1. The van der Waals surface area contributed by atoms with Crippen molar-refractivity contribution in [3.8, 4) is 0 Å². The van der Waals surface area contributed by atoms with Crippen molar-refractivity contribution >= 4 is 0 Å². The molecule has 3 rings (SSSR count). The van der Waals surface area contributed by atoms with Gasteiger partial charge in [-0.3, -0.25) is 0 Å². The van der Waals surface area contributed by atoms with Crippen LogP contribution in [0.3, 0.4) is 0 Å². The maximum Gasteiger partial charge on any atom is 0.0889 e. The molecule has 2 aliphatic rings. The molecule has 184 valence electrons. The molecular weight excluding hydrogens is 402 g/mol. The minimum atomic E-state index is -0.904. The van der Waals surface area contributed by atoms with Crippen molar-refractivity contribution < 1.29 is 20.1 Å². The summed E-state index contributed by atoms with van der Waals surface area (Å²) in [6, 6.07) is 10.5. The van der Waals surface area contributed by atoms with E-state index in [1.807, 2.05) is 13.0 Å². The summed E-state index contributed by atoms with van der Waals surface area (Å²) in [4.78, 5) is 0. The molecule has 1 heterocycles. The summed E-state index contributed by atoms with van der Waals surface area (Å²) >= 11 is 0. The van der Waals surface area contributed by atoms with E-state index in [-0.39, 0.29) is 6.61 Å². The van der Waals surface area contributed by atoms with Gasteiger partial charge in [0.1, 0.15) is 0 Å². The zero-order chi connectivity index (χ0) is 23.9. The van der Waals surface area contributed by atoms with E-state index in [0.717, 1.165) is 59.1 Å². The second-order valence-corrected chi connectivity index (χ2v) is 7.98. The van der Waals surface area contributed by atoms with Gasteiger partial charge in [-0.25, -0.2) is 0 Å². The van der Waals surface area contributed by atoms with Crippen LogP contribution in [-0.2, 0) is 11.2 Å². The predicted molar refractivity (Wildman–Crippen MR) is 135 cm³/mol. The molecule has 5 nitrogen and oxygen atoms in total. The first-order chi connectivity index (χ1) is 15.6. The largest absolute Gasteiger partial charge is 0.400 e. The molecule has 1 saturated heterocycles. The molecule has 1 aromatic carbocycles. The van der Waals surface area contributed by atoms with Gasteiger partial charge in [-0.15, -0.1) is 0 Å². The Balaban J connectivity index is 0.000000522. The number of aliphatic hydroxyl groups excluding tert-OH is 2. The van der Waals surface area contributed by atoms with E-state index in [9.17, 15) is 5.11 Å². The normalized spacial score (nSPS) is 16.2. The molecule has 0 radical (unpaired) electrons. The minimum absolute atomic E-state index is 0.148. The van der Waals surface area contributed by atoms with Crippen LogP contribution >= 0.6 is 0 Å². The van der Waals surface area contributed by atoms with Crippen LogP contribution < -0.4 is 5.32 Å². The molecule has 0 bridgehead atoms. The van der Waals surface area contributed by atoms with Crippen LogP contribution in [0, 0.1) is 0 Å². The number of nitrogens with one attached hydrogen (secondary N) is 1. The fourth-order valence-corrected chi connectivity index (χ4v) is 3.33. The van der Waals surface area contributed by atoms with Crippen molar-refractivity contribution in [2.45, 2.75) is 70.8 Å². The van der Waals surface area contributed by atoms with E-state index in [2.05, 4.69) is 54.7 Å². The lowest BCUT2D eigenvalue weighted by molar-refractivity contribution is -0.0277. The van der Waals surface area contributed by atoms with Crippen molar-refractivity contribution in [2.24, 2.45) is 0 Å². The Morgan fingerprint density at radius 1 is 1.00 bits per heavy atom. The molecule has 5 heteroatoms. The van der Waals surface area contributed by atoms with Crippen LogP contribution in [0.1, 0.15) is 64.4 Å². The van der Waals surface area contributed by atoms with Crippen molar-refractivity contribution in [1.29, 1.82) is 0 Å². The van der Waals surface area contributed by atoms with E-state index in [4.69, 9.17) is 14.9 Å². The second kappa shape index (κ2) is 21.4. The van der Waals surface area contributed by atoms with Gasteiger partial charge in [-0.05, 0) is 62.6 Å². The molecule has 0 spiro atoms. The quantitative estimate of drug-likeness (QED) is 0.420. The molecule has 0 saturated carbocycles. The number of aryl methyl sites for hydroxylation is 1. The van der Waals surface area contributed by atoms with Gasteiger partial charge >= 0.3 is 0 Å². The van der Waals surface area contributed by atoms with Gasteiger partial charge in [-0.1, -0.05) is 68.8 Å². The summed E-state index contributed by atoms with van der Waals surface area (Å²) < 4.78 is 4.94. The number of allylic oxidation sites excluding steroid dienone is 2. The molecule has 4 N–H and O–H groups in total. The third-order valence-electron chi connectivity index (χ3n) is 5.26. The Morgan fingerprint density at radius 3 is 2.12 bits per heavy atom. The minimum Gasteiger partial charge on any atom is -0.400 e. The van der Waals surface area contributed by atoms with Gasteiger partial charge in [0.2, 0.25) is 0 Å². The average Bonchev–Trinajstić information content (AvgIpc) is 3.45. The number of hydrogen-bond donors (Lipinski definition) is 4. The van der Waals surface area contributed by atoms with Gasteiger partial charge in [0.05, 0.1) is 12.2 Å². The van der Waals surface area contributed by atoms with Crippen LogP contribution in [0.25, 0.3) is 0 Å². The molecule has 0 amide bonds. The smallest absolute Gasteiger partial charge is 0.0889 e. The number of rotatable bonds is 9. The summed E-state index contributed by atoms with van der Waals surface area (Å²) in [5.41, 5.74) is 1.82. The van der Waals surface area contributed by atoms with Crippen molar-refractivity contribution in [3.05, 3.63) is 59.7 Å². The van der Waals surface area contributed by atoms with Crippen LogP contribution in [0.15, 0.2) is 54.1 Å². The van der Waals surface area contributed by atoms with Crippen molar-refractivity contribution in [1.82, 2.24) is 5.32 Å². The van der Waals surface area contributed by atoms with E-state index >= 15 is 0 Å². The van der Waals surface area contributed by atoms with Gasteiger partial charge in [0.15, 0.2) is 0 Å². The molecule has 1 aromatic rings. The SMILES string of the molecule is C1CCOC1.CCCC(O)(CO)CCNCC1=CCCC=C1.CCc1ccccc1.CO. The van der Waals surface area contributed by atoms with E-state index in [1.165, 1.54) is 24.0 Å². The molecule has 1 aliphatic heterocycles.